The van der Waals surface area contributed by atoms with Crippen LogP contribution >= 0.6 is 0 Å². The molecule has 0 aliphatic rings. The van der Waals surface area contributed by atoms with Gasteiger partial charge in [-0.25, -0.2) is 19.3 Å². The van der Waals surface area contributed by atoms with Crippen LogP contribution in [-0.4, -0.2) is 39.5 Å². The summed E-state index contributed by atoms with van der Waals surface area (Å²) in [5, 5.41) is 11.5. The van der Waals surface area contributed by atoms with Gasteiger partial charge >= 0.3 is 0 Å². The minimum absolute atomic E-state index is 0.174. The maximum Gasteiger partial charge on any atom is 0.154 e. The van der Waals surface area contributed by atoms with Crippen molar-refractivity contribution < 1.29 is 0 Å². The fourth-order valence-electron chi connectivity index (χ4n) is 6.84. The standard InChI is InChI=1S/C42H42N12/c1-25-7-3-13-41(48-25)53-24-33-30(22-44)17-27(19-39(33)52-53)36-11-6-12-38(51-36)34(46)16-15-31-8-4-14-42(49-31)54-40-20-28(18-29(21-43)32(40)23-47-54)37-10-5-9-35(50-37)26(2)45/h3-14,17-20,23-24,26,34H,15-16,21-22,43-46H2,1-2H3. The second kappa shape index (κ2) is 14.7. The number of pyridine rings is 4. The average Bonchev–Trinajstić information content (AvgIpc) is 3.84. The lowest BCUT2D eigenvalue weighted by atomic mass is 10.0. The first kappa shape index (κ1) is 34.9. The van der Waals surface area contributed by atoms with Crippen LogP contribution in [-0.2, 0) is 19.5 Å². The predicted octanol–water partition coefficient (Wildman–Crippen LogP) is 6.16. The SMILES string of the molecule is Cc1cccc(-n2cc3c(CN)cc(-c4cccc(C(N)CCc5cccc(-n6ncc7c(CN)cc(-c8cccc(C(C)N)n8)cc76)n5)n4)cc3n2)n1. The lowest BCUT2D eigenvalue weighted by molar-refractivity contribution is 0.626. The van der Waals surface area contributed by atoms with Crippen molar-refractivity contribution in [2.45, 2.75) is 51.9 Å². The number of aryl methyl sites for hydroxylation is 2. The maximum absolute atomic E-state index is 6.78. The molecule has 8 aromatic rings. The van der Waals surface area contributed by atoms with E-state index in [1.807, 2.05) is 110 Å². The number of rotatable bonds is 11. The topological polar surface area (TPSA) is 191 Å². The summed E-state index contributed by atoms with van der Waals surface area (Å²) in [5.74, 6) is 1.46. The number of hydrogen-bond donors (Lipinski definition) is 4. The number of benzene rings is 2. The summed E-state index contributed by atoms with van der Waals surface area (Å²) in [5.41, 5.74) is 36.0. The fourth-order valence-corrected chi connectivity index (χ4v) is 6.84. The molecule has 0 aliphatic carbocycles. The van der Waals surface area contributed by atoms with Crippen LogP contribution in [0.4, 0.5) is 0 Å². The smallest absolute Gasteiger partial charge is 0.154 e. The van der Waals surface area contributed by atoms with Crippen LogP contribution in [0.2, 0.25) is 0 Å². The highest BCUT2D eigenvalue weighted by atomic mass is 15.3. The van der Waals surface area contributed by atoms with Gasteiger partial charge in [0.25, 0.3) is 0 Å². The van der Waals surface area contributed by atoms with Gasteiger partial charge in [0.1, 0.15) is 0 Å². The molecule has 0 fully saturated rings. The molecule has 6 aromatic heterocycles. The largest absolute Gasteiger partial charge is 0.326 e. The number of hydrogen-bond acceptors (Lipinski definition) is 10. The molecule has 270 valence electrons. The molecule has 8 rings (SSSR count). The van der Waals surface area contributed by atoms with E-state index in [0.717, 1.165) is 84.0 Å². The molecular formula is C42H42N12. The predicted molar refractivity (Wildman–Crippen MR) is 213 cm³/mol. The van der Waals surface area contributed by atoms with Crippen LogP contribution in [0.15, 0.2) is 109 Å². The summed E-state index contributed by atoms with van der Waals surface area (Å²) in [6.45, 7) is 4.62. The molecule has 0 bridgehead atoms. The molecule has 8 N–H and O–H groups in total. The van der Waals surface area contributed by atoms with Crippen molar-refractivity contribution in [3.63, 3.8) is 0 Å². The van der Waals surface area contributed by atoms with Crippen LogP contribution in [0, 0.1) is 6.92 Å². The van der Waals surface area contributed by atoms with Crippen molar-refractivity contribution in [3.8, 4) is 34.2 Å². The zero-order valence-electron chi connectivity index (χ0n) is 30.3. The first-order chi connectivity index (χ1) is 26.3. The van der Waals surface area contributed by atoms with Crippen LogP contribution in [0.1, 0.15) is 59.3 Å². The van der Waals surface area contributed by atoms with Gasteiger partial charge in [-0.15, -0.1) is 0 Å². The van der Waals surface area contributed by atoms with E-state index < -0.39 is 0 Å². The molecule has 12 heteroatoms. The van der Waals surface area contributed by atoms with Gasteiger partial charge in [-0.05, 0) is 111 Å². The molecule has 0 amide bonds. The number of aromatic nitrogens is 8. The Hall–Kier alpha value is -6.18. The number of nitrogens with two attached hydrogens (primary N) is 4. The molecule has 0 aliphatic heterocycles. The van der Waals surface area contributed by atoms with Crippen LogP contribution in [0.3, 0.4) is 0 Å². The first-order valence-corrected chi connectivity index (χ1v) is 18.1. The number of fused-ring (bicyclic) bond motifs is 2. The van der Waals surface area contributed by atoms with Crippen LogP contribution in [0.5, 0.6) is 0 Å². The lowest BCUT2D eigenvalue weighted by Gasteiger charge is -2.13. The van der Waals surface area contributed by atoms with Gasteiger partial charge in [-0.3, -0.25) is 9.97 Å². The number of nitrogens with zero attached hydrogens (tertiary/aromatic N) is 8. The molecule has 2 unspecified atom stereocenters. The van der Waals surface area contributed by atoms with Crippen molar-refractivity contribution in [2.75, 3.05) is 0 Å². The quantitative estimate of drug-likeness (QED) is 0.121. The molecule has 6 heterocycles. The Labute approximate surface area is 312 Å². The van der Waals surface area contributed by atoms with E-state index in [-0.39, 0.29) is 12.1 Å². The third kappa shape index (κ3) is 6.86. The highest BCUT2D eigenvalue weighted by Crippen LogP contribution is 2.30. The third-order valence-corrected chi connectivity index (χ3v) is 9.73. The van der Waals surface area contributed by atoms with E-state index in [4.69, 9.17) is 48.1 Å². The Morgan fingerprint density at radius 3 is 2.09 bits per heavy atom. The van der Waals surface area contributed by atoms with E-state index in [0.29, 0.717) is 31.7 Å². The van der Waals surface area contributed by atoms with Crippen molar-refractivity contribution in [2.24, 2.45) is 22.9 Å². The van der Waals surface area contributed by atoms with Gasteiger partial charge in [-0.1, -0.05) is 24.3 Å². The highest BCUT2D eigenvalue weighted by molar-refractivity contribution is 5.89. The molecule has 0 radical (unpaired) electrons. The minimum atomic E-state index is -0.306. The third-order valence-electron chi connectivity index (χ3n) is 9.73. The lowest BCUT2D eigenvalue weighted by Crippen LogP contribution is -2.14. The van der Waals surface area contributed by atoms with E-state index in [1.54, 1.807) is 4.68 Å². The van der Waals surface area contributed by atoms with Gasteiger partial charge < -0.3 is 22.9 Å². The van der Waals surface area contributed by atoms with Crippen LogP contribution < -0.4 is 22.9 Å². The summed E-state index contributed by atoms with van der Waals surface area (Å²) < 4.78 is 3.65. The van der Waals surface area contributed by atoms with E-state index in [2.05, 4.69) is 23.2 Å². The van der Waals surface area contributed by atoms with Crippen molar-refractivity contribution in [1.29, 1.82) is 0 Å². The second-order valence-corrected chi connectivity index (χ2v) is 13.6. The van der Waals surface area contributed by atoms with Crippen molar-refractivity contribution in [1.82, 2.24) is 39.5 Å². The highest BCUT2D eigenvalue weighted by Gasteiger charge is 2.17. The Kier molecular flexibility index (Phi) is 9.48. The summed E-state index contributed by atoms with van der Waals surface area (Å²) in [7, 11) is 0. The average molecular weight is 715 g/mol. The molecule has 54 heavy (non-hydrogen) atoms. The molecule has 0 spiro atoms. The van der Waals surface area contributed by atoms with Gasteiger partial charge in [0.2, 0.25) is 0 Å². The fraction of sp³-hybridized carbons (Fsp3) is 0.190. The van der Waals surface area contributed by atoms with Crippen molar-refractivity contribution >= 4 is 21.8 Å². The van der Waals surface area contributed by atoms with Gasteiger partial charge in [0, 0.05) is 64.7 Å². The summed E-state index contributed by atoms with van der Waals surface area (Å²) in [6.07, 6.45) is 5.13. The van der Waals surface area contributed by atoms with Gasteiger partial charge in [-0.2, -0.15) is 10.2 Å². The van der Waals surface area contributed by atoms with Crippen LogP contribution in [0.25, 0.3) is 56.0 Å². The first-order valence-electron chi connectivity index (χ1n) is 18.1. The normalized spacial score (nSPS) is 12.8. The zero-order chi connectivity index (χ0) is 37.3. The molecule has 2 aromatic carbocycles. The monoisotopic (exact) mass is 714 g/mol. The van der Waals surface area contributed by atoms with E-state index in [9.17, 15) is 0 Å². The Balaban J connectivity index is 1.03. The molecule has 12 nitrogen and oxygen atoms in total. The summed E-state index contributed by atoms with van der Waals surface area (Å²) >= 11 is 0. The van der Waals surface area contributed by atoms with Crippen molar-refractivity contribution in [3.05, 3.63) is 143 Å². The Morgan fingerprint density at radius 2 is 1.35 bits per heavy atom. The molecule has 0 saturated heterocycles. The van der Waals surface area contributed by atoms with E-state index >= 15 is 0 Å². The Bertz CT molecular complexity index is 2620. The second-order valence-electron chi connectivity index (χ2n) is 13.6. The van der Waals surface area contributed by atoms with Gasteiger partial charge in [0.15, 0.2) is 11.6 Å². The minimum Gasteiger partial charge on any atom is -0.326 e. The maximum atomic E-state index is 6.78. The zero-order valence-corrected chi connectivity index (χ0v) is 30.3. The Morgan fingerprint density at radius 1 is 0.685 bits per heavy atom. The van der Waals surface area contributed by atoms with E-state index in [1.165, 1.54) is 0 Å². The summed E-state index contributed by atoms with van der Waals surface area (Å²) in [4.78, 5) is 19.4. The molecule has 2 atom stereocenters. The molecule has 0 saturated carbocycles. The molecular weight excluding hydrogens is 673 g/mol. The summed E-state index contributed by atoms with van der Waals surface area (Å²) in [6, 6.07) is 31.5. The van der Waals surface area contributed by atoms with Gasteiger partial charge in [0.05, 0.1) is 40.0 Å².